The second-order valence-corrected chi connectivity index (χ2v) is 14.1. The molecule has 0 saturated heterocycles. The van der Waals surface area contributed by atoms with E-state index in [4.69, 9.17) is 4.74 Å². The van der Waals surface area contributed by atoms with E-state index in [-0.39, 0.29) is 5.97 Å². The van der Waals surface area contributed by atoms with E-state index in [1.165, 1.54) is 193 Å². The van der Waals surface area contributed by atoms with Gasteiger partial charge in [-0.15, -0.1) is 0 Å². The Hall–Kier alpha value is -0.790. The molecule has 0 rings (SSSR count). The van der Waals surface area contributed by atoms with E-state index in [9.17, 15) is 4.79 Å². The molecule has 0 aliphatic rings. The largest absolute Gasteiger partial charge is 0.466 e. The van der Waals surface area contributed by atoms with E-state index < -0.39 is 0 Å². The van der Waals surface area contributed by atoms with Crippen molar-refractivity contribution in [3.05, 3.63) is 12.2 Å². The molecule has 0 aliphatic carbocycles. The molecule has 0 atom stereocenters. The second kappa shape index (κ2) is 37.4. The Morgan fingerprint density at radius 2 is 0.814 bits per heavy atom. The van der Waals surface area contributed by atoms with Crippen molar-refractivity contribution in [1.29, 1.82) is 0 Å². The zero-order chi connectivity index (χ0) is 31.3. The third-order valence-electron chi connectivity index (χ3n) is 9.08. The van der Waals surface area contributed by atoms with Crippen LogP contribution in [0.3, 0.4) is 0 Å². The number of ether oxygens (including phenoxy) is 1. The van der Waals surface area contributed by atoms with Gasteiger partial charge in [-0.25, -0.2) is 0 Å². The van der Waals surface area contributed by atoms with Gasteiger partial charge in [0, 0.05) is 6.42 Å². The number of rotatable bonds is 36. The first-order valence-electron chi connectivity index (χ1n) is 20.0. The smallest absolute Gasteiger partial charge is 0.305 e. The molecule has 0 aromatic carbocycles. The summed E-state index contributed by atoms with van der Waals surface area (Å²) in [7, 11) is 0. The maximum Gasteiger partial charge on any atom is 0.305 e. The summed E-state index contributed by atoms with van der Waals surface area (Å²) in [4.78, 5) is 12.0. The first kappa shape index (κ1) is 42.2. The Kier molecular flexibility index (Phi) is 36.7. The van der Waals surface area contributed by atoms with Gasteiger partial charge in [-0.1, -0.05) is 200 Å². The summed E-state index contributed by atoms with van der Waals surface area (Å²) in [6.45, 7) is 7.58. The summed E-state index contributed by atoms with van der Waals surface area (Å²) >= 11 is 0. The van der Waals surface area contributed by atoms with Crippen molar-refractivity contribution in [2.75, 3.05) is 6.61 Å². The highest BCUT2D eigenvalue weighted by Crippen LogP contribution is 2.15. The van der Waals surface area contributed by atoms with Gasteiger partial charge in [0.25, 0.3) is 0 Å². The van der Waals surface area contributed by atoms with Crippen LogP contribution >= 0.6 is 0 Å². The molecule has 0 radical (unpaired) electrons. The molecule has 0 heterocycles. The molecular formula is C41H80O2. The number of carbonyl (C=O) groups excluding carboxylic acids is 1. The molecular weight excluding hydrogens is 524 g/mol. The predicted molar refractivity (Wildman–Crippen MR) is 193 cm³/mol. The molecule has 0 aromatic rings. The van der Waals surface area contributed by atoms with Crippen LogP contribution in [0.4, 0.5) is 0 Å². The lowest BCUT2D eigenvalue weighted by Gasteiger charge is -2.06. The van der Waals surface area contributed by atoms with Crippen LogP contribution in [-0.4, -0.2) is 12.6 Å². The number of hydrogen-bond donors (Lipinski definition) is 0. The molecule has 256 valence electrons. The van der Waals surface area contributed by atoms with Crippen LogP contribution in [0, 0.1) is 5.92 Å². The van der Waals surface area contributed by atoms with Crippen molar-refractivity contribution in [2.45, 2.75) is 233 Å². The normalized spacial score (nSPS) is 11.7. The Bertz CT molecular complexity index is 552. The highest BCUT2D eigenvalue weighted by atomic mass is 16.5. The fourth-order valence-electron chi connectivity index (χ4n) is 6.08. The lowest BCUT2D eigenvalue weighted by Crippen LogP contribution is -2.05. The molecule has 0 bridgehead atoms. The summed E-state index contributed by atoms with van der Waals surface area (Å²) < 4.78 is 5.46. The van der Waals surface area contributed by atoms with Crippen LogP contribution in [0.25, 0.3) is 0 Å². The van der Waals surface area contributed by atoms with Crippen LogP contribution in [0.5, 0.6) is 0 Å². The minimum atomic E-state index is 0.0255. The quantitative estimate of drug-likeness (QED) is 0.0404. The molecule has 0 amide bonds. The van der Waals surface area contributed by atoms with E-state index in [0.29, 0.717) is 13.0 Å². The topological polar surface area (TPSA) is 26.3 Å². The minimum Gasteiger partial charge on any atom is -0.466 e. The molecule has 2 nitrogen and oxygen atoms in total. The summed E-state index contributed by atoms with van der Waals surface area (Å²) in [6.07, 6.45) is 48.6. The zero-order valence-electron chi connectivity index (χ0n) is 30.1. The van der Waals surface area contributed by atoms with Gasteiger partial charge in [0.05, 0.1) is 6.61 Å². The van der Waals surface area contributed by atoms with Crippen molar-refractivity contribution in [3.63, 3.8) is 0 Å². The van der Waals surface area contributed by atoms with Crippen LogP contribution in [0.1, 0.15) is 233 Å². The summed E-state index contributed by atoms with van der Waals surface area (Å²) in [5.41, 5.74) is 0. The van der Waals surface area contributed by atoms with Gasteiger partial charge in [-0.05, 0) is 44.4 Å². The van der Waals surface area contributed by atoms with Crippen LogP contribution < -0.4 is 0 Å². The number of unbranched alkanes of at least 4 members (excludes halogenated alkanes) is 28. The molecule has 0 aliphatic heterocycles. The van der Waals surface area contributed by atoms with Crippen molar-refractivity contribution < 1.29 is 9.53 Å². The summed E-state index contributed by atoms with van der Waals surface area (Å²) in [5.74, 6) is 0.895. The average molecular weight is 605 g/mol. The second-order valence-electron chi connectivity index (χ2n) is 14.1. The van der Waals surface area contributed by atoms with Crippen molar-refractivity contribution >= 4 is 5.97 Å². The monoisotopic (exact) mass is 605 g/mol. The molecule has 0 aromatic heterocycles. The van der Waals surface area contributed by atoms with E-state index in [0.717, 1.165) is 18.8 Å². The highest BCUT2D eigenvalue weighted by Gasteiger charge is 2.03. The molecule has 0 unspecified atom stereocenters. The molecule has 0 spiro atoms. The zero-order valence-corrected chi connectivity index (χ0v) is 30.1. The maximum absolute atomic E-state index is 12.0. The van der Waals surface area contributed by atoms with E-state index in [1.54, 1.807) is 0 Å². The van der Waals surface area contributed by atoms with Gasteiger partial charge < -0.3 is 4.74 Å². The lowest BCUT2D eigenvalue weighted by molar-refractivity contribution is -0.143. The van der Waals surface area contributed by atoms with Crippen LogP contribution in [0.15, 0.2) is 12.2 Å². The molecule has 0 saturated carbocycles. The first-order valence-corrected chi connectivity index (χ1v) is 20.0. The van der Waals surface area contributed by atoms with Gasteiger partial charge >= 0.3 is 5.97 Å². The third kappa shape index (κ3) is 39.2. The molecule has 43 heavy (non-hydrogen) atoms. The van der Waals surface area contributed by atoms with E-state index in [1.807, 2.05) is 0 Å². The Balaban J connectivity index is 3.18. The van der Waals surface area contributed by atoms with Gasteiger partial charge in [-0.2, -0.15) is 0 Å². The Morgan fingerprint density at radius 1 is 0.465 bits per heavy atom. The Morgan fingerprint density at radius 3 is 1.23 bits per heavy atom. The van der Waals surface area contributed by atoms with Gasteiger partial charge in [0.2, 0.25) is 0 Å². The highest BCUT2D eigenvalue weighted by molar-refractivity contribution is 5.69. The number of carbonyl (C=O) groups is 1. The van der Waals surface area contributed by atoms with Crippen LogP contribution in [-0.2, 0) is 9.53 Å². The SMILES string of the molecule is CCCCCCCCC=CCCCCCCCCCCCCCC(=O)OCCCCCCCCCCCCCCC(C)C. The fraction of sp³-hybridized carbons (Fsp3) is 0.927. The lowest BCUT2D eigenvalue weighted by atomic mass is 10.0. The number of hydrogen-bond acceptors (Lipinski definition) is 2. The van der Waals surface area contributed by atoms with Gasteiger partial charge in [0.15, 0.2) is 0 Å². The maximum atomic E-state index is 12.0. The standard InChI is InChI=1S/C41H80O2/c1-4-5-6-7-8-9-10-11-12-13-14-15-16-17-18-19-23-26-29-32-35-38-41(42)43-39-36-33-30-27-24-21-20-22-25-28-31-34-37-40(2)3/h11-12,40H,4-10,13-39H2,1-3H3. The van der Waals surface area contributed by atoms with Gasteiger partial charge in [-0.3, -0.25) is 4.79 Å². The molecule has 2 heteroatoms. The summed E-state index contributed by atoms with van der Waals surface area (Å²) in [5, 5.41) is 0. The van der Waals surface area contributed by atoms with Crippen molar-refractivity contribution in [3.8, 4) is 0 Å². The van der Waals surface area contributed by atoms with Crippen LogP contribution in [0.2, 0.25) is 0 Å². The summed E-state index contributed by atoms with van der Waals surface area (Å²) in [6, 6.07) is 0. The Labute approximate surface area is 272 Å². The first-order chi connectivity index (χ1) is 21.2. The number of allylic oxidation sites excluding steroid dienone is 2. The molecule has 0 fully saturated rings. The van der Waals surface area contributed by atoms with E-state index in [2.05, 4.69) is 32.9 Å². The van der Waals surface area contributed by atoms with Gasteiger partial charge in [0.1, 0.15) is 0 Å². The molecule has 0 N–H and O–H groups in total. The fourth-order valence-corrected chi connectivity index (χ4v) is 6.08. The third-order valence-corrected chi connectivity index (χ3v) is 9.08. The minimum absolute atomic E-state index is 0.0255. The van der Waals surface area contributed by atoms with E-state index >= 15 is 0 Å². The predicted octanol–water partition coefficient (Wildman–Crippen LogP) is 14.6. The number of esters is 1. The van der Waals surface area contributed by atoms with Crippen molar-refractivity contribution in [2.24, 2.45) is 5.92 Å². The average Bonchev–Trinajstić information content (AvgIpc) is 2.99. The van der Waals surface area contributed by atoms with Crippen molar-refractivity contribution in [1.82, 2.24) is 0 Å².